The summed E-state index contributed by atoms with van der Waals surface area (Å²) in [5.41, 5.74) is 0.932. The minimum atomic E-state index is -0.702. The first kappa shape index (κ1) is 14.0. The Labute approximate surface area is 113 Å². The lowest BCUT2D eigenvalue weighted by molar-refractivity contribution is -0.187. The first-order valence-corrected chi connectivity index (χ1v) is 6.64. The largest absolute Gasteiger partial charge is 0.467 e. The second-order valence-corrected chi connectivity index (χ2v) is 4.63. The van der Waals surface area contributed by atoms with Gasteiger partial charge >= 0.3 is 5.97 Å². The maximum Gasteiger partial charge on any atom is 0.338 e. The fraction of sp³-hybridized carbons (Fsp3) is 0.533. The molecule has 1 aromatic carbocycles. The summed E-state index contributed by atoms with van der Waals surface area (Å²) in [6.45, 7) is 3.98. The van der Waals surface area contributed by atoms with E-state index in [1.54, 1.807) is 0 Å². The van der Waals surface area contributed by atoms with E-state index in [0.29, 0.717) is 12.8 Å². The van der Waals surface area contributed by atoms with Crippen LogP contribution < -0.4 is 0 Å². The van der Waals surface area contributed by atoms with Gasteiger partial charge in [0, 0.05) is 0 Å². The van der Waals surface area contributed by atoms with Crippen molar-refractivity contribution in [2.75, 3.05) is 7.11 Å². The molecule has 1 aliphatic rings. The van der Waals surface area contributed by atoms with Gasteiger partial charge in [-0.3, -0.25) is 0 Å². The van der Waals surface area contributed by atoms with Crippen molar-refractivity contribution >= 4 is 5.97 Å². The van der Waals surface area contributed by atoms with Gasteiger partial charge in [-0.05, 0) is 18.4 Å². The van der Waals surface area contributed by atoms with Crippen molar-refractivity contribution in [2.24, 2.45) is 0 Å². The average Bonchev–Trinajstić information content (AvgIpc) is 2.88. The van der Waals surface area contributed by atoms with Crippen molar-refractivity contribution in [2.45, 2.75) is 44.7 Å². The fourth-order valence-electron chi connectivity index (χ4n) is 2.37. The van der Waals surface area contributed by atoms with Gasteiger partial charge in [-0.25, -0.2) is 4.79 Å². The maximum atomic E-state index is 11.9. The van der Waals surface area contributed by atoms with Crippen LogP contribution in [0, 0.1) is 0 Å². The van der Waals surface area contributed by atoms with Gasteiger partial charge in [0.1, 0.15) is 6.10 Å². The highest BCUT2D eigenvalue weighted by atomic mass is 16.8. The van der Waals surface area contributed by atoms with Crippen LogP contribution in [0.5, 0.6) is 0 Å². The number of carbonyl (C=O) groups is 1. The van der Waals surface area contributed by atoms with Gasteiger partial charge in [0.15, 0.2) is 11.9 Å². The molecule has 4 nitrogen and oxygen atoms in total. The molecule has 2 rings (SSSR count). The average molecular weight is 264 g/mol. The number of carbonyl (C=O) groups excluding carboxylic acids is 1. The molecular formula is C15H20O4. The molecule has 0 amide bonds. The Balaban J connectivity index is 2.31. The summed E-state index contributed by atoms with van der Waals surface area (Å²) in [4.78, 5) is 11.9. The monoisotopic (exact) mass is 264 g/mol. The van der Waals surface area contributed by atoms with Crippen LogP contribution in [0.25, 0.3) is 0 Å². The zero-order valence-corrected chi connectivity index (χ0v) is 11.6. The van der Waals surface area contributed by atoms with E-state index in [0.717, 1.165) is 5.56 Å². The molecule has 0 aromatic heterocycles. The van der Waals surface area contributed by atoms with Crippen LogP contribution in [-0.2, 0) is 19.0 Å². The van der Waals surface area contributed by atoms with E-state index in [4.69, 9.17) is 14.2 Å². The molecule has 0 N–H and O–H groups in total. The van der Waals surface area contributed by atoms with Crippen LogP contribution in [0.3, 0.4) is 0 Å². The highest BCUT2D eigenvalue weighted by Gasteiger charge is 2.49. The second-order valence-electron chi connectivity index (χ2n) is 4.63. The van der Waals surface area contributed by atoms with Crippen molar-refractivity contribution in [3.05, 3.63) is 35.9 Å². The normalized spacial score (nSPS) is 25.2. The van der Waals surface area contributed by atoms with Crippen LogP contribution in [-0.4, -0.2) is 25.0 Å². The van der Waals surface area contributed by atoms with Gasteiger partial charge < -0.3 is 14.2 Å². The number of ether oxygens (including phenoxy) is 3. The summed E-state index contributed by atoms with van der Waals surface area (Å²) in [6, 6.07) is 9.64. The summed E-state index contributed by atoms with van der Waals surface area (Å²) < 4.78 is 16.7. The lowest BCUT2D eigenvalue weighted by Gasteiger charge is -2.24. The molecule has 2 unspecified atom stereocenters. The van der Waals surface area contributed by atoms with E-state index in [2.05, 4.69) is 0 Å². The summed E-state index contributed by atoms with van der Waals surface area (Å²) in [5, 5.41) is 0. The molecule has 0 radical (unpaired) electrons. The van der Waals surface area contributed by atoms with Crippen molar-refractivity contribution in [3.63, 3.8) is 0 Å². The smallest absolute Gasteiger partial charge is 0.338 e. The maximum absolute atomic E-state index is 11.9. The molecule has 19 heavy (non-hydrogen) atoms. The predicted molar refractivity (Wildman–Crippen MR) is 70.5 cm³/mol. The minimum absolute atomic E-state index is 0.391. The third kappa shape index (κ3) is 2.65. The molecule has 1 aliphatic heterocycles. The molecule has 0 aliphatic carbocycles. The Hall–Kier alpha value is -1.39. The summed E-state index contributed by atoms with van der Waals surface area (Å²) >= 11 is 0. The van der Waals surface area contributed by atoms with Crippen LogP contribution in [0.15, 0.2) is 30.3 Å². The van der Waals surface area contributed by atoms with Gasteiger partial charge in [-0.15, -0.1) is 0 Å². The van der Waals surface area contributed by atoms with Crippen LogP contribution in [0.4, 0.5) is 0 Å². The van der Waals surface area contributed by atoms with Gasteiger partial charge in [-0.1, -0.05) is 44.2 Å². The molecule has 0 spiro atoms. The first-order chi connectivity index (χ1) is 9.15. The Morgan fingerprint density at radius 2 is 1.84 bits per heavy atom. The predicted octanol–water partition coefficient (Wildman–Crippen LogP) is 2.83. The van der Waals surface area contributed by atoms with E-state index in [-0.39, 0.29) is 0 Å². The molecule has 104 valence electrons. The molecule has 0 bridgehead atoms. The summed E-state index contributed by atoms with van der Waals surface area (Å²) in [7, 11) is 1.37. The molecule has 1 aromatic rings. The zero-order valence-electron chi connectivity index (χ0n) is 11.6. The number of rotatable bonds is 4. The van der Waals surface area contributed by atoms with E-state index in [1.807, 2.05) is 44.2 Å². The number of methoxy groups -OCH3 is 1. The molecule has 1 fully saturated rings. The molecule has 0 saturated carbocycles. The second kappa shape index (κ2) is 5.72. The summed E-state index contributed by atoms with van der Waals surface area (Å²) in [5.74, 6) is -1.09. The quantitative estimate of drug-likeness (QED) is 0.784. The highest BCUT2D eigenvalue weighted by Crippen LogP contribution is 2.42. The summed E-state index contributed by atoms with van der Waals surface area (Å²) in [6.07, 6.45) is 0.279. The number of hydrogen-bond acceptors (Lipinski definition) is 4. The lowest BCUT2D eigenvalue weighted by atomic mass is 10.0. The van der Waals surface area contributed by atoms with E-state index >= 15 is 0 Å². The highest BCUT2D eigenvalue weighted by molar-refractivity contribution is 5.76. The SMILES string of the molecule is CCC1(CC)OC(C(=O)OC)C(c2ccccc2)O1. The van der Waals surface area contributed by atoms with Gasteiger partial charge in [0.05, 0.1) is 7.11 Å². The molecule has 2 atom stereocenters. The lowest BCUT2D eigenvalue weighted by Crippen LogP contribution is -2.31. The van der Waals surface area contributed by atoms with Crippen molar-refractivity contribution in [1.29, 1.82) is 0 Å². The third-order valence-electron chi connectivity index (χ3n) is 3.60. The standard InChI is InChI=1S/C15H20O4/c1-4-15(5-2)18-12(11-9-7-6-8-10-11)13(19-15)14(16)17-3/h6-10,12-13H,4-5H2,1-3H3. The van der Waals surface area contributed by atoms with E-state index in [1.165, 1.54) is 7.11 Å². The fourth-order valence-corrected chi connectivity index (χ4v) is 2.37. The Morgan fingerprint density at radius 1 is 1.21 bits per heavy atom. The molecule has 1 heterocycles. The molecular weight excluding hydrogens is 244 g/mol. The van der Waals surface area contributed by atoms with Crippen LogP contribution in [0.2, 0.25) is 0 Å². The Bertz CT molecular complexity index is 425. The number of benzene rings is 1. The van der Waals surface area contributed by atoms with E-state index in [9.17, 15) is 4.79 Å². The third-order valence-corrected chi connectivity index (χ3v) is 3.60. The molecule has 1 saturated heterocycles. The van der Waals surface area contributed by atoms with Crippen LogP contribution >= 0.6 is 0 Å². The van der Waals surface area contributed by atoms with Gasteiger partial charge in [0.25, 0.3) is 0 Å². The van der Waals surface area contributed by atoms with Gasteiger partial charge in [-0.2, -0.15) is 0 Å². The Kier molecular flexibility index (Phi) is 4.22. The van der Waals surface area contributed by atoms with Crippen molar-refractivity contribution < 1.29 is 19.0 Å². The molecule has 4 heteroatoms. The topological polar surface area (TPSA) is 44.8 Å². The van der Waals surface area contributed by atoms with Crippen LogP contribution in [0.1, 0.15) is 38.4 Å². The Morgan fingerprint density at radius 3 is 2.37 bits per heavy atom. The van der Waals surface area contributed by atoms with Crippen molar-refractivity contribution in [3.8, 4) is 0 Å². The van der Waals surface area contributed by atoms with E-state index < -0.39 is 24.0 Å². The number of hydrogen-bond donors (Lipinski definition) is 0. The van der Waals surface area contributed by atoms with Gasteiger partial charge in [0.2, 0.25) is 0 Å². The zero-order chi connectivity index (χ0) is 13.9. The first-order valence-electron chi connectivity index (χ1n) is 6.64. The van der Waals surface area contributed by atoms with Crippen molar-refractivity contribution in [1.82, 2.24) is 0 Å². The minimum Gasteiger partial charge on any atom is -0.467 e. The number of esters is 1.